The number of amides is 1. The second-order valence-electron chi connectivity index (χ2n) is 6.41. The first-order valence-electron chi connectivity index (χ1n) is 7.90. The van der Waals surface area contributed by atoms with Gasteiger partial charge in [-0.3, -0.25) is 4.79 Å². The smallest absolute Gasteiger partial charge is 0.323 e. The van der Waals surface area contributed by atoms with Crippen LogP contribution in [0.5, 0.6) is 0 Å². The van der Waals surface area contributed by atoms with E-state index in [-0.39, 0.29) is 17.6 Å². The van der Waals surface area contributed by atoms with Crippen molar-refractivity contribution in [1.29, 1.82) is 0 Å². The highest BCUT2D eigenvalue weighted by Crippen LogP contribution is 2.14. The standard InChI is InChI=1S/C16H22N4O2/c1-10-4-3-7-20(9-10)11(2)15(21)17-12-5-6-13-14(8-12)19-16(22)18-13/h5-6,8,10-11H,3-4,7,9H2,1-2H3,(H,17,21)(H2,18,19,22)/p+1/t10-,11+/m1/s1. The number of aromatic amines is 2. The molecule has 1 aliphatic rings. The Bertz CT molecular complexity index is 733. The van der Waals surface area contributed by atoms with Crippen LogP contribution in [-0.2, 0) is 4.79 Å². The van der Waals surface area contributed by atoms with E-state index >= 15 is 0 Å². The Morgan fingerprint density at radius 1 is 1.36 bits per heavy atom. The van der Waals surface area contributed by atoms with Crippen molar-refractivity contribution in [2.45, 2.75) is 32.7 Å². The zero-order valence-electron chi connectivity index (χ0n) is 13.0. The molecule has 1 unspecified atom stereocenters. The predicted octanol–water partition coefficient (Wildman–Crippen LogP) is 0.498. The molecule has 6 heteroatoms. The Morgan fingerprint density at radius 2 is 2.14 bits per heavy atom. The van der Waals surface area contributed by atoms with Gasteiger partial charge in [-0.15, -0.1) is 0 Å². The van der Waals surface area contributed by atoms with Gasteiger partial charge in [-0.1, -0.05) is 6.92 Å². The molecule has 0 bridgehead atoms. The molecular formula is C16H23N4O2+. The van der Waals surface area contributed by atoms with Crippen molar-refractivity contribution in [2.24, 2.45) is 5.92 Å². The van der Waals surface area contributed by atoms with E-state index in [1.165, 1.54) is 17.7 Å². The van der Waals surface area contributed by atoms with Crippen molar-refractivity contribution in [1.82, 2.24) is 9.97 Å². The van der Waals surface area contributed by atoms with E-state index in [0.29, 0.717) is 17.1 Å². The Hall–Kier alpha value is -2.08. The van der Waals surface area contributed by atoms with Crippen molar-refractivity contribution in [2.75, 3.05) is 18.4 Å². The van der Waals surface area contributed by atoms with Crippen LogP contribution in [0, 0.1) is 5.92 Å². The molecule has 3 atom stereocenters. The number of nitrogens with one attached hydrogen (secondary N) is 4. The third-order valence-corrected chi connectivity index (χ3v) is 4.59. The van der Waals surface area contributed by atoms with E-state index in [1.807, 2.05) is 13.0 Å². The fraction of sp³-hybridized carbons (Fsp3) is 0.500. The number of piperidine rings is 1. The van der Waals surface area contributed by atoms with Crippen molar-refractivity contribution >= 4 is 22.6 Å². The molecule has 6 nitrogen and oxygen atoms in total. The summed E-state index contributed by atoms with van der Waals surface area (Å²) in [5.41, 5.74) is 1.92. The number of aromatic nitrogens is 2. The van der Waals surface area contributed by atoms with E-state index < -0.39 is 0 Å². The van der Waals surface area contributed by atoms with Gasteiger partial charge in [-0.25, -0.2) is 4.79 Å². The minimum atomic E-state index is -0.237. The number of quaternary nitrogens is 1. The summed E-state index contributed by atoms with van der Waals surface area (Å²) < 4.78 is 0. The summed E-state index contributed by atoms with van der Waals surface area (Å²) in [4.78, 5) is 30.5. The molecule has 1 aliphatic heterocycles. The minimum absolute atomic E-state index is 0.0290. The summed E-state index contributed by atoms with van der Waals surface area (Å²) in [7, 11) is 0. The number of likely N-dealkylation sites (tertiary alicyclic amines) is 1. The van der Waals surface area contributed by atoms with Crippen molar-refractivity contribution in [3.05, 3.63) is 28.7 Å². The lowest BCUT2D eigenvalue weighted by Crippen LogP contribution is -3.17. The van der Waals surface area contributed by atoms with Crippen LogP contribution < -0.4 is 15.9 Å². The second-order valence-corrected chi connectivity index (χ2v) is 6.41. The number of imidazole rings is 1. The summed E-state index contributed by atoms with van der Waals surface area (Å²) in [6, 6.07) is 5.32. The average molecular weight is 303 g/mol. The fourth-order valence-electron chi connectivity index (χ4n) is 3.27. The molecule has 118 valence electrons. The topological polar surface area (TPSA) is 82.2 Å². The second kappa shape index (κ2) is 5.96. The Kier molecular flexibility index (Phi) is 4.02. The number of rotatable bonds is 3. The zero-order chi connectivity index (χ0) is 15.7. The maximum Gasteiger partial charge on any atom is 0.323 e. The van der Waals surface area contributed by atoms with E-state index in [0.717, 1.165) is 18.6 Å². The van der Waals surface area contributed by atoms with Gasteiger partial charge in [0.15, 0.2) is 6.04 Å². The summed E-state index contributed by atoms with van der Waals surface area (Å²) in [5.74, 6) is 0.710. The molecule has 2 aromatic rings. The lowest BCUT2D eigenvalue weighted by atomic mass is 9.99. The highest BCUT2D eigenvalue weighted by atomic mass is 16.2. The van der Waals surface area contributed by atoms with Crippen molar-refractivity contribution in [3.63, 3.8) is 0 Å². The molecule has 1 fully saturated rings. The van der Waals surface area contributed by atoms with Gasteiger partial charge in [-0.05, 0) is 38.0 Å². The summed E-state index contributed by atoms with van der Waals surface area (Å²) in [6.07, 6.45) is 2.44. The summed E-state index contributed by atoms with van der Waals surface area (Å²) in [5, 5.41) is 2.96. The van der Waals surface area contributed by atoms with Crippen molar-refractivity contribution < 1.29 is 9.69 Å². The molecule has 0 aliphatic carbocycles. The van der Waals surface area contributed by atoms with Gasteiger partial charge in [0.1, 0.15) is 0 Å². The number of fused-ring (bicyclic) bond motifs is 1. The Labute approximate surface area is 128 Å². The number of anilines is 1. The van der Waals surface area contributed by atoms with E-state index in [9.17, 15) is 9.59 Å². The largest absolute Gasteiger partial charge is 0.325 e. The van der Waals surface area contributed by atoms with Gasteiger partial charge < -0.3 is 20.2 Å². The van der Waals surface area contributed by atoms with Gasteiger partial charge in [0.2, 0.25) is 0 Å². The van der Waals surface area contributed by atoms with E-state index in [4.69, 9.17) is 0 Å². The summed E-state index contributed by atoms with van der Waals surface area (Å²) in [6.45, 7) is 6.35. The number of carbonyl (C=O) groups is 1. The molecular weight excluding hydrogens is 280 g/mol. The number of H-pyrrole nitrogens is 2. The Balaban J connectivity index is 1.70. The van der Waals surface area contributed by atoms with Crippen LogP contribution in [0.3, 0.4) is 0 Å². The van der Waals surface area contributed by atoms with Crippen LogP contribution >= 0.6 is 0 Å². The lowest BCUT2D eigenvalue weighted by Gasteiger charge is -2.31. The molecule has 0 radical (unpaired) electrons. The highest BCUT2D eigenvalue weighted by Gasteiger charge is 2.29. The first kappa shape index (κ1) is 14.8. The number of hydrogen-bond donors (Lipinski definition) is 4. The van der Waals surface area contributed by atoms with E-state index in [2.05, 4.69) is 22.2 Å². The number of hydrogen-bond acceptors (Lipinski definition) is 2. The average Bonchev–Trinajstić information content (AvgIpc) is 2.85. The predicted molar refractivity (Wildman–Crippen MR) is 86.1 cm³/mol. The van der Waals surface area contributed by atoms with Gasteiger partial charge in [0.25, 0.3) is 5.91 Å². The lowest BCUT2D eigenvalue weighted by molar-refractivity contribution is -0.922. The van der Waals surface area contributed by atoms with Gasteiger partial charge >= 0.3 is 5.69 Å². The van der Waals surface area contributed by atoms with E-state index in [1.54, 1.807) is 12.1 Å². The minimum Gasteiger partial charge on any atom is -0.325 e. The molecule has 1 aromatic carbocycles. The molecule has 1 aromatic heterocycles. The van der Waals surface area contributed by atoms with Crippen LogP contribution in [0.25, 0.3) is 11.0 Å². The first-order valence-corrected chi connectivity index (χ1v) is 7.90. The van der Waals surface area contributed by atoms with Gasteiger partial charge in [-0.2, -0.15) is 0 Å². The maximum absolute atomic E-state index is 12.4. The molecule has 4 N–H and O–H groups in total. The van der Waals surface area contributed by atoms with Gasteiger partial charge in [0, 0.05) is 11.6 Å². The molecule has 1 amide bonds. The first-order chi connectivity index (χ1) is 10.5. The molecule has 0 spiro atoms. The van der Waals surface area contributed by atoms with Crippen LogP contribution in [-0.4, -0.2) is 35.0 Å². The Morgan fingerprint density at radius 3 is 2.91 bits per heavy atom. The molecule has 22 heavy (non-hydrogen) atoms. The number of carbonyl (C=O) groups excluding carboxylic acids is 1. The zero-order valence-corrected chi connectivity index (χ0v) is 13.0. The van der Waals surface area contributed by atoms with Crippen LogP contribution in [0.4, 0.5) is 5.69 Å². The molecule has 1 saturated heterocycles. The SMILES string of the molecule is C[C@@H]1CCC[NH+]([C@@H](C)C(=O)Nc2ccc3[nH]c(=O)[nH]c3c2)C1. The third-order valence-electron chi connectivity index (χ3n) is 4.59. The monoisotopic (exact) mass is 303 g/mol. The highest BCUT2D eigenvalue weighted by molar-refractivity contribution is 5.95. The van der Waals surface area contributed by atoms with Gasteiger partial charge in [0.05, 0.1) is 24.1 Å². The number of benzene rings is 1. The maximum atomic E-state index is 12.4. The van der Waals surface area contributed by atoms with Crippen LogP contribution in [0.1, 0.15) is 26.7 Å². The molecule has 0 saturated carbocycles. The van der Waals surface area contributed by atoms with Crippen LogP contribution in [0.2, 0.25) is 0 Å². The fourth-order valence-corrected chi connectivity index (χ4v) is 3.27. The van der Waals surface area contributed by atoms with Crippen molar-refractivity contribution in [3.8, 4) is 0 Å². The van der Waals surface area contributed by atoms with Crippen LogP contribution in [0.15, 0.2) is 23.0 Å². The normalized spacial score (nSPS) is 23.4. The third kappa shape index (κ3) is 3.06. The summed E-state index contributed by atoms with van der Waals surface area (Å²) >= 11 is 0. The molecule has 2 heterocycles. The molecule has 3 rings (SSSR count). The quantitative estimate of drug-likeness (QED) is 0.666.